The van der Waals surface area contributed by atoms with Crippen LogP contribution in [0.25, 0.3) is 0 Å². The molecule has 1 aliphatic heterocycles. The van der Waals surface area contributed by atoms with Gasteiger partial charge < -0.3 is 14.8 Å². The molecular formula is C16H22FNO3. The van der Waals surface area contributed by atoms with Gasteiger partial charge in [0.2, 0.25) is 5.91 Å². The number of anilines is 1. The average Bonchev–Trinajstić information content (AvgIpc) is 2.42. The quantitative estimate of drug-likeness (QED) is 0.924. The molecule has 21 heavy (non-hydrogen) atoms. The Balaban J connectivity index is 2.07. The zero-order valence-corrected chi connectivity index (χ0v) is 12.7. The molecule has 4 nitrogen and oxygen atoms in total. The Morgan fingerprint density at radius 2 is 2.14 bits per heavy atom. The summed E-state index contributed by atoms with van der Waals surface area (Å²) in [6, 6.07) is 4.33. The van der Waals surface area contributed by atoms with Gasteiger partial charge in [0.05, 0.1) is 12.3 Å². The number of carbonyl (C=O) groups excluding carboxylic acids is 1. The van der Waals surface area contributed by atoms with E-state index in [0.29, 0.717) is 12.4 Å². The summed E-state index contributed by atoms with van der Waals surface area (Å²) in [5.41, 5.74) is -0.460. The maximum atomic E-state index is 13.8. The number of hydrogen-bond acceptors (Lipinski definition) is 3. The van der Waals surface area contributed by atoms with Crippen LogP contribution >= 0.6 is 0 Å². The summed E-state index contributed by atoms with van der Waals surface area (Å²) in [5.74, 6) is -0.232. The van der Waals surface area contributed by atoms with Crippen LogP contribution in [0, 0.1) is 11.2 Å². The third-order valence-corrected chi connectivity index (χ3v) is 3.27. The number of carbonyl (C=O) groups is 1. The largest absolute Gasteiger partial charge is 0.465 e. The third-order valence-electron chi connectivity index (χ3n) is 3.27. The standard InChI is InChI=1S/C16H22FNO3/c1-16(2,3)15(19)18-13-10-11(7-8-12(13)17)21-14-6-4-5-9-20-14/h7-8,10,14H,4-6,9H2,1-3H3,(H,18,19). The summed E-state index contributed by atoms with van der Waals surface area (Å²) >= 11 is 0. The Morgan fingerprint density at radius 3 is 2.76 bits per heavy atom. The lowest BCUT2D eigenvalue weighted by Crippen LogP contribution is -2.28. The van der Waals surface area contributed by atoms with Crippen molar-refractivity contribution >= 4 is 11.6 Å². The summed E-state index contributed by atoms with van der Waals surface area (Å²) in [5, 5.41) is 2.59. The molecule has 0 saturated carbocycles. The molecule has 2 rings (SSSR count). The number of rotatable bonds is 3. The Morgan fingerprint density at radius 1 is 1.38 bits per heavy atom. The molecule has 1 aromatic rings. The molecule has 116 valence electrons. The summed E-state index contributed by atoms with van der Waals surface area (Å²) in [4.78, 5) is 11.9. The van der Waals surface area contributed by atoms with Gasteiger partial charge in [-0.05, 0) is 25.0 Å². The van der Waals surface area contributed by atoms with Crippen LogP contribution in [-0.2, 0) is 9.53 Å². The topological polar surface area (TPSA) is 47.6 Å². The van der Waals surface area contributed by atoms with Gasteiger partial charge in [-0.15, -0.1) is 0 Å². The van der Waals surface area contributed by atoms with Crippen LogP contribution in [0.5, 0.6) is 5.75 Å². The lowest BCUT2D eigenvalue weighted by Gasteiger charge is -2.24. The van der Waals surface area contributed by atoms with Crippen molar-refractivity contribution in [1.82, 2.24) is 0 Å². The Bertz CT molecular complexity index is 505. The van der Waals surface area contributed by atoms with Gasteiger partial charge in [0.25, 0.3) is 0 Å². The average molecular weight is 295 g/mol. The van der Waals surface area contributed by atoms with E-state index < -0.39 is 11.2 Å². The molecule has 0 radical (unpaired) electrons. The molecule has 0 bridgehead atoms. The maximum Gasteiger partial charge on any atom is 0.229 e. The third kappa shape index (κ3) is 4.43. The van der Waals surface area contributed by atoms with E-state index in [1.165, 1.54) is 12.1 Å². The molecular weight excluding hydrogens is 273 g/mol. The number of benzene rings is 1. The zero-order valence-electron chi connectivity index (χ0n) is 12.7. The van der Waals surface area contributed by atoms with Crippen LogP contribution in [0.4, 0.5) is 10.1 Å². The lowest BCUT2D eigenvalue weighted by atomic mass is 9.95. The van der Waals surface area contributed by atoms with Crippen molar-refractivity contribution < 1.29 is 18.7 Å². The molecule has 1 atom stereocenters. The van der Waals surface area contributed by atoms with Gasteiger partial charge in [-0.2, -0.15) is 0 Å². The number of halogens is 1. The van der Waals surface area contributed by atoms with Crippen molar-refractivity contribution in [2.75, 3.05) is 11.9 Å². The van der Waals surface area contributed by atoms with Crippen LogP contribution in [0.15, 0.2) is 18.2 Å². The van der Waals surface area contributed by atoms with E-state index in [2.05, 4.69) is 5.32 Å². The molecule has 1 heterocycles. The zero-order chi connectivity index (χ0) is 15.5. The molecule has 1 amide bonds. The number of hydrogen-bond donors (Lipinski definition) is 1. The van der Waals surface area contributed by atoms with E-state index >= 15 is 0 Å². The summed E-state index contributed by atoms with van der Waals surface area (Å²) in [7, 11) is 0. The Kier molecular flexibility index (Phi) is 4.83. The van der Waals surface area contributed by atoms with E-state index in [0.717, 1.165) is 19.3 Å². The van der Waals surface area contributed by atoms with E-state index in [1.54, 1.807) is 26.8 Å². The van der Waals surface area contributed by atoms with Gasteiger partial charge in [-0.25, -0.2) is 4.39 Å². The van der Waals surface area contributed by atoms with Crippen LogP contribution in [-0.4, -0.2) is 18.8 Å². The van der Waals surface area contributed by atoms with Gasteiger partial charge in [0.1, 0.15) is 11.6 Å². The monoisotopic (exact) mass is 295 g/mol. The van der Waals surface area contributed by atoms with Crippen LogP contribution in [0.1, 0.15) is 40.0 Å². The second-order valence-corrected chi connectivity index (χ2v) is 6.26. The van der Waals surface area contributed by atoms with E-state index in [4.69, 9.17) is 9.47 Å². The normalized spacial score (nSPS) is 19.1. The van der Waals surface area contributed by atoms with Crippen molar-refractivity contribution in [3.8, 4) is 5.75 Å². The minimum atomic E-state index is -0.588. The fraction of sp³-hybridized carbons (Fsp3) is 0.562. The molecule has 0 spiro atoms. The predicted octanol–water partition coefficient (Wildman–Crippen LogP) is 3.72. The van der Waals surface area contributed by atoms with Gasteiger partial charge in [0, 0.05) is 17.9 Å². The first kappa shape index (κ1) is 15.8. The Hall–Kier alpha value is -1.62. The summed E-state index contributed by atoms with van der Waals surface area (Å²) in [6.45, 7) is 6.00. The highest BCUT2D eigenvalue weighted by Crippen LogP contribution is 2.26. The second kappa shape index (κ2) is 6.43. The van der Waals surface area contributed by atoms with Gasteiger partial charge in [0.15, 0.2) is 6.29 Å². The van der Waals surface area contributed by atoms with Crippen molar-refractivity contribution in [2.45, 2.75) is 46.3 Å². The highest BCUT2D eigenvalue weighted by Gasteiger charge is 2.23. The van der Waals surface area contributed by atoms with E-state index in [1.807, 2.05) is 0 Å². The molecule has 1 saturated heterocycles. The predicted molar refractivity (Wildman–Crippen MR) is 78.7 cm³/mol. The van der Waals surface area contributed by atoms with E-state index in [-0.39, 0.29) is 17.9 Å². The summed E-state index contributed by atoms with van der Waals surface area (Å²) < 4.78 is 25.0. The first-order valence-corrected chi connectivity index (χ1v) is 7.25. The van der Waals surface area contributed by atoms with Crippen LogP contribution in [0.2, 0.25) is 0 Å². The van der Waals surface area contributed by atoms with Crippen LogP contribution < -0.4 is 10.1 Å². The molecule has 1 aromatic carbocycles. The van der Waals surface area contributed by atoms with Gasteiger partial charge in [-0.1, -0.05) is 20.8 Å². The molecule has 0 aliphatic carbocycles. The van der Waals surface area contributed by atoms with Gasteiger partial charge in [-0.3, -0.25) is 4.79 Å². The first-order chi connectivity index (χ1) is 9.86. The molecule has 1 aliphatic rings. The number of amides is 1. The number of nitrogens with one attached hydrogen (secondary N) is 1. The summed E-state index contributed by atoms with van der Waals surface area (Å²) in [6.07, 6.45) is 2.62. The fourth-order valence-electron chi connectivity index (χ4n) is 1.94. The smallest absolute Gasteiger partial charge is 0.229 e. The van der Waals surface area contributed by atoms with Crippen molar-refractivity contribution in [3.63, 3.8) is 0 Å². The minimum Gasteiger partial charge on any atom is -0.465 e. The highest BCUT2D eigenvalue weighted by molar-refractivity contribution is 5.94. The first-order valence-electron chi connectivity index (χ1n) is 7.25. The molecule has 1 fully saturated rings. The number of ether oxygens (including phenoxy) is 2. The van der Waals surface area contributed by atoms with Crippen molar-refractivity contribution in [1.29, 1.82) is 0 Å². The fourth-order valence-corrected chi connectivity index (χ4v) is 1.94. The SMILES string of the molecule is CC(C)(C)C(=O)Nc1cc(OC2CCCCO2)ccc1F. The Labute approximate surface area is 124 Å². The van der Waals surface area contributed by atoms with Crippen molar-refractivity contribution in [2.24, 2.45) is 5.41 Å². The minimum absolute atomic E-state index is 0.128. The van der Waals surface area contributed by atoms with Crippen LogP contribution in [0.3, 0.4) is 0 Å². The highest BCUT2D eigenvalue weighted by atomic mass is 19.1. The molecule has 5 heteroatoms. The molecule has 1 N–H and O–H groups in total. The molecule has 1 unspecified atom stereocenters. The maximum absolute atomic E-state index is 13.8. The van der Waals surface area contributed by atoms with Crippen molar-refractivity contribution in [3.05, 3.63) is 24.0 Å². The van der Waals surface area contributed by atoms with Gasteiger partial charge >= 0.3 is 0 Å². The van der Waals surface area contributed by atoms with E-state index in [9.17, 15) is 9.18 Å². The molecule has 0 aromatic heterocycles. The second-order valence-electron chi connectivity index (χ2n) is 6.26. The lowest BCUT2D eigenvalue weighted by molar-refractivity contribution is -0.123.